The molecule has 2 aromatic heterocycles. The first kappa shape index (κ1) is 27.7. The molecule has 5 fully saturated rings. The first-order valence-electron chi connectivity index (χ1n) is 32.9. The van der Waals surface area contributed by atoms with Crippen LogP contribution in [0.1, 0.15) is 222 Å². The topological polar surface area (TPSA) is 111 Å². The third-order valence-electron chi connectivity index (χ3n) is 13.7. The van der Waals surface area contributed by atoms with Crippen LogP contribution in [0.2, 0.25) is 0 Å². The number of carbonyl (C=O) groups excluding carboxylic acids is 1. The number of aromatic nitrogens is 6. The largest absolute Gasteiger partial charge is 0.324 e. The van der Waals surface area contributed by atoms with Gasteiger partial charge in [-0.15, -0.1) is 20.4 Å². The summed E-state index contributed by atoms with van der Waals surface area (Å²) in [5.41, 5.74) is 4.53. The number of nitrogens with two attached hydrogens (primary N) is 1. The van der Waals surface area contributed by atoms with E-state index in [-0.39, 0.29) is 48.8 Å². The zero-order chi connectivity index (χ0) is 62.8. The molecule has 10 nitrogen and oxygen atoms in total. The molecule has 64 heavy (non-hydrogen) atoms. The number of alkyl halides is 2. The Balaban J connectivity index is 0.000000225. The molecule has 0 spiro atoms. The molecule has 4 aliphatic heterocycles. The minimum atomic E-state index is -3.31. The van der Waals surface area contributed by atoms with Gasteiger partial charge in [-0.05, 0) is 114 Å². The lowest BCUT2D eigenvalue weighted by Crippen LogP contribution is -2.44. The van der Waals surface area contributed by atoms with Crippen molar-refractivity contribution in [3.63, 3.8) is 0 Å². The minimum absolute atomic E-state index is 0.0162. The Morgan fingerprint density at radius 1 is 0.688 bits per heavy atom. The maximum atomic E-state index is 13.9. The molecular weight excluding hydrogens is 805 g/mol. The normalized spacial score (nSPS) is 33.2. The fraction of sp³-hybridized carbons (Fsp3) is 0.673. The van der Waals surface area contributed by atoms with Crippen LogP contribution in [0.15, 0.2) is 60.4 Å². The number of aryl methyl sites for hydroxylation is 2. The molecule has 6 atom stereocenters. The van der Waals surface area contributed by atoms with Gasteiger partial charge in [0.05, 0.1) is 15.1 Å². The van der Waals surface area contributed by atoms with Gasteiger partial charge in [0.2, 0.25) is 5.92 Å². The molecule has 5 aliphatic rings. The third-order valence-corrected chi connectivity index (χ3v) is 13.7. The number of hydrogen-bond acceptors (Lipinski definition) is 8. The van der Waals surface area contributed by atoms with Gasteiger partial charge in [-0.25, -0.2) is 8.78 Å². The number of piperidine rings is 2. The van der Waals surface area contributed by atoms with Crippen molar-refractivity contribution in [1.29, 1.82) is 0 Å². The maximum Gasteiger partial charge on any atom is 0.248 e. The van der Waals surface area contributed by atoms with Crippen LogP contribution in [0.25, 0.3) is 0 Å². The van der Waals surface area contributed by atoms with Gasteiger partial charge in [0, 0.05) is 98.1 Å². The molecule has 2 aromatic carbocycles. The van der Waals surface area contributed by atoms with Gasteiger partial charge in [-0.3, -0.25) is 14.6 Å². The van der Waals surface area contributed by atoms with Crippen LogP contribution in [0.5, 0.6) is 0 Å². The van der Waals surface area contributed by atoms with E-state index in [9.17, 15) is 20.4 Å². The van der Waals surface area contributed by atoms with Crippen LogP contribution < -0.4 is 5.73 Å². The van der Waals surface area contributed by atoms with E-state index in [4.69, 9.17) is 26.3 Å². The van der Waals surface area contributed by atoms with Crippen LogP contribution in [0.3, 0.4) is 0 Å². The summed E-state index contributed by atoms with van der Waals surface area (Å²) >= 11 is 0. The van der Waals surface area contributed by atoms with E-state index in [0.717, 1.165) is 23.3 Å². The Labute approximate surface area is 409 Å². The van der Waals surface area contributed by atoms with Crippen molar-refractivity contribution in [3.8, 4) is 0 Å². The molecule has 0 amide bonds. The number of Topliss-reactive ketones (excluding diaryl/α,β-unsaturated/α-hetero) is 1. The monoisotopic (exact) mass is 900 g/mol. The lowest BCUT2D eigenvalue weighted by molar-refractivity contribution is -0.127. The quantitative estimate of drug-likeness (QED) is 0.126. The molecule has 4 aromatic rings. The smallest absolute Gasteiger partial charge is 0.248 e. The lowest BCUT2D eigenvalue weighted by atomic mass is 9.79. The second-order valence-corrected chi connectivity index (χ2v) is 18.7. The summed E-state index contributed by atoms with van der Waals surface area (Å²) in [4.78, 5) is 16.6. The van der Waals surface area contributed by atoms with Gasteiger partial charge in [0.1, 0.15) is 29.1 Å². The van der Waals surface area contributed by atoms with Gasteiger partial charge < -0.3 is 14.9 Å². The molecule has 2 N–H and O–H groups in total. The van der Waals surface area contributed by atoms with Crippen LogP contribution >= 0.6 is 0 Å². The van der Waals surface area contributed by atoms with Crippen molar-refractivity contribution >= 4 is 5.78 Å². The fourth-order valence-corrected chi connectivity index (χ4v) is 10.5. The predicted octanol–water partition coefficient (Wildman–Crippen LogP) is 10.8. The Morgan fingerprint density at radius 2 is 1.11 bits per heavy atom. The number of rotatable bonds is 15. The van der Waals surface area contributed by atoms with Crippen molar-refractivity contribution in [2.75, 3.05) is 13.0 Å². The molecule has 4 bridgehead atoms. The van der Waals surface area contributed by atoms with Crippen LogP contribution in [-0.2, 0) is 4.79 Å². The highest BCUT2D eigenvalue weighted by molar-refractivity contribution is 5.82. The van der Waals surface area contributed by atoms with E-state index in [0.29, 0.717) is 51.4 Å². The molecule has 1 aliphatic carbocycles. The number of nitrogens with zero attached hydrogens (tertiary/aromatic N) is 8. The summed E-state index contributed by atoms with van der Waals surface area (Å²) in [6.07, 6.45) is -4.74. The molecule has 4 saturated heterocycles. The number of benzene rings is 2. The van der Waals surface area contributed by atoms with Gasteiger partial charge >= 0.3 is 0 Å². The second-order valence-electron chi connectivity index (χ2n) is 18.7. The first-order valence-corrected chi connectivity index (χ1v) is 22.9. The van der Waals surface area contributed by atoms with E-state index < -0.39 is 158 Å². The summed E-state index contributed by atoms with van der Waals surface area (Å²) in [6, 6.07) is -12.7. The van der Waals surface area contributed by atoms with Gasteiger partial charge in [0.15, 0.2) is 0 Å². The summed E-state index contributed by atoms with van der Waals surface area (Å²) < 4.78 is 205. The van der Waals surface area contributed by atoms with Crippen molar-refractivity contribution in [1.82, 2.24) is 39.3 Å². The lowest BCUT2D eigenvalue weighted by Gasteiger charge is -2.40. The van der Waals surface area contributed by atoms with E-state index in [1.807, 2.05) is 41.5 Å². The van der Waals surface area contributed by atoms with Crippen LogP contribution in [-0.4, -0.2) is 88.2 Å². The van der Waals surface area contributed by atoms with Crippen LogP contribution in [0, 0.1) is 19.8 Å². The summed E-state index contributed by atoms with van der Waals surface area (Å²) in [5, 5.41) is 17.1. The SMILES string of the molecule is [2H]c1c([2H])c([2H])c([C@@]([2H])(CC(=O)C2CCC(F)(F)CC2)C([2H])([2H])C([2H])([2H])N2C3CCC2CC(n2c(C)nnc2C(C)C)C3)c([2H])c1[2H].[2H]c1c([2H])c([2H])c([C@@]([2H])(N)C([2H])([2H])C([2H])([2H])N2C3CCC2CC(n2c(C)nnc2C(C)C)C3)c([2H])c1[2H]. The zero-order valence-corrected chi connectivity index (χ0v) is 37.7. The average molecular weight is 900 g/mol. The first-order chi connectivity index (χ1) is 38.6. The predicted molar refractivity (Wildman–Crippen MR) is 250 cm³/mol. The molecule has 348 valence electrons. The van der Waals surface area contributed by atoms with Crippen molar-refractivity contribution in [3.05, 3.63) is 94.8 Å². The van der Waals surface area contributed by atoms with Gasteiger partial charge in [-0.2, -0.15) is 0 Å². The zero-order valence-electron chi connectivity index (χ0n) is 57.7. The Morgan fingerprint density at radius 3 is 1.55 bits per heavy atom. The van der Waals surface area contributed by atoms with Crippen molar-refractivity contribution in [2.24, 2.45) is 11.7 Å². The molecule has 1 saturated carbocycles. The second kappa shape index (κ2) is 20.3. The fourth-order valence-electron chi connectivity index (χ4n) is 10.5. The van der Waals surface area contributed by atoms with E-state index >= 15 is 0 Å². The van der Waals surface area contributed by atoms with Crippen LogP contribution in [0.4, 0.5) is 8.78 Å². The number of ketones is 1. The van der Waals surface area contributed by atoms with Gasteiger partial charge in [-0.1, -0.05) is 88.1 Å². The molecule has 6 heterocycles. The Kier molecular flexibility index (Phi) is 8.80. The van der Waals surface area contributed by atoms with E-state index in [2.05, 4.69) is 29.5 Å². The summed E-state index contributed by atoms with van der Waals surface area (Å²) in [6.45, 7) is 6.09. The Bertz CT molecular complexity index is 3080. The minimum Gasteiger partial charge on any atom is -0.324 e. The average Bonchev–Trinajstić information content (AvgIpc) is 1.07. The molecule has 9 rings (SSSR count). The standard InChI is InChI=1S/C30H42F2N4O.C22H33N5/c1-20(2)29-34-33-21(3)36(29)27-18-25-9-10-26(19-27)35(25)16-13-24(22-7-5-4-6-8-22)17-28(37)23-11-14-30(31,32)15-12-23;1-15(2)22-25-24-16(3)27(22)20-13-18-9-10-19(14-20)26(18)12-11-21(23)17-7-5-4-6-8-17/h4-8,20,23-27H,9-19H2,1-3H3;4-8,15,18-21H,9-14,23H2,1-3H3/t24-,25?,26?,27?;18?,19?,20?,21-/m10/s1/i4D,5D,6D,7D,8D,13D2,16D2,24D;4D,5D,6D,7D,8D,11D2,12D2,21D. The van der Waals surface area contributed by atoms with E-state index in [1.54, 1.807) is 0 Å². The highest BCUT2D eigenvalue weighted by atomic mass is 19.3. The molecule has 0 radical (unpaired) electrons. The van der Waals surface area contributed by atoms with E-state index in [1.165, 1.54) is 9.80 Å². The highest BCUT2D eigenvalue weighted by Gasteiger charge is 2.44. The molecule has 12 heteroatoms. The summed E-state index contributed by atoms with van der Waals surface area (Å²) in [5.74, 6) is -4.33. The Hall–Kier alpha value is -3.87. The maximum absolute atomic E-state index is 13.9. The van der Waals surface area contributed by atoms with Gasteiger partial charge in [0.25, 0.3) is 0 Å². The third kappa shape index (κ3) is 10.5. The van der Waals surface area contributed by atoms with Crippen molar-refractivity contribution < 1.29 is 41.0 Å². The summed E-state index contributed by atoms with van der Waals surface area (Å²) in [7, 11) is 0. The molecule has 4 unspecified atom stereocenters. The number of halogens is 2. The van der Waals surface area contributed by atoms with Crippen molar-refractivity contribution in [2.45, 2.75) is 204 Å². The number of carbonyl (C=O) groups is 1. The number of hydrogen-bond donors (Lipinski definition) is 1. The highest BCUT2D eigenvalue weighted by Crippen LogP contribution is 2.45. The number of fused-ring (bicyclic) bond motifs is 4. The molecular formula is C52H75F2N9O.